The third-order valence-electron chi connectivity index (χ3n) is 3.38. The van der Waals surface area contributed by atoms with Crippen LogP contribution in [0.1, 0.15) is 23.2 Å². The first kappa shape index (κ1) is 13.1. The van der Waals surface area contributed by atoms with E-state index in [0.717, 1.165) is 28.2 Å². The van der Waals surface area contributed by atoms with Crippen LogP contribution in [0.25, 0.3) is 10.2 Å². The van der Waals surface area contributed by atoms with Gasteiger partial charge in [-0.15, -0.1) is 0 Å². The van der Waals surface area contributed by atoms with E-state index < -0.39 is 0 Å². The van der Waals surface area contributed by atoms with Crippen molar-refractivity contribution in [1.82, 2.24) is 20.3 Å². The first-order chi connectivity index (χ1) is 10.8. The van der Waals surface area contributed by atoms with Crippen molar-refractivity contribution in [3.8, 4) is 0 Å². The molecule has 0 atom stereocenters. The highest BCUT2D eigenvalue weighted by Gasteiger charge is 2.23. The van der Waals surface area contributed by atoms with Crippen LogP contribution in [0, 0.1) is 0 Å². The molecule has 1 aliphatic carbocycles. The summed E-state index contributed by atoms with van der Waals surface area (Å²) in [4.78, 5) is 24.6. The van der Waals surface area contributed by atoms with E-state index in [0.29, 0.717) is 17.4 Å². The summed E-state index contributed by atoms with van der Waals surface area (Å²) in [5.41, 5.74) is 1.54. The Hall–Kier alpha value is -2.54. The molecule has 110 valence electrons. The number of anilines is 2. The fourth-order valence-electron chi connectivity index (χ4n) is 2.09. The number of benzene rings is 1. The molecule has 3 aromatic rings. The maximum atomic E-state index is 12.1. The predicted octanol–water partition coefficient (Wildman–Crippen LogP) is 2.72. The second-order valence-corrected chi connectivity index (χ2v) is 6.20. The molecule has 0 saturated heterocycles. The van der Waals surface area contributed by atoms with Gasteiger partial charge in [0.1, 0.15) is 12.1 Å². The number of carbonyl (C=O) groups is 1. The number of hydrogen-bond acceptors (Lipinski definition) is 6. The van der Waals surface area contributed by atoms with Crippen molar-refractivity contribution in [3.63, 3.8) is 0 Å². The van der Waals surface area contributed by atoms with E-state index in [2.05, 4.69) is 25.6 Å². The number of nitrogens with one attached hydrogen (secondary N) is 2. The van der Waals surface area contributed by atoms with Crippen molar-refractivity contribution in [2.45, 2.75) is 18.9 Å². The second kappa shape index (κ2) is 5.34. The maximum absolute atomic E-state index is 12.1. The molecule has 0 aliphatic heterocycles. The number of aromatic nitrogens is 3. The van der Waals surface area contributed by atoms with Crippen LogP contribution in [0.15, 0.2) is 36.8 Å². The molecule has 4 rings (SSSR count). The van der Waals surface area contributed by atoms with Gasteiger partial charge < -0.3 is 10.6 Å². The second-order valence-electron chi connectivity index (χ2n) is 5.17. The van der Waals surface area contributed by atoms with Crippen LogP contribution in [-0.4, -0.2) is 26.9 Å². The van der Waals surface area contributed by atoms with Gasteiger partial charge in [0.05, 0.1) is 10.2 Å². The first-order valence-electron chi connectivity index (χ1n) is 7.02. The van der Waals surface area contributed by atoms with Crippen LogP contribution in [0.4, 0.5) is 10.9 Å². The molecule has 1 aromatic carbocycles. The van der Waals surface area contributed by atoms with Gasteiger partial charge in [-0.2, -0.15) is 0 Å². The number of hydrogen-bond donors (Lipinski definition) is 2. The summed E-state index contributed by atoms with van der Waals surface area (Å²) in [6.07, 6.45) is 5.32. The van der Waals surface area contributed by atoms with Crippen LogP contribution >= 0.6 is 11.3 Å². The summed E-state index contributed by atoms with van der Waals surface area (Å²) in [7, 11) is 0. The lowest BCUT2D eigenvalue weighted by Crippen LogP contribution is -2.25. The summed E-state index contributed by atoms with van der Waals surface area (Å²) in [5.74, 6) is 0.684. The van der Waals surface area contributed by atoms with E-state index in [1.165, 1.54) is 17.7 Å². The van der Waals surface area contributed by atoms with E-state index in [4.69, 9.17) is 0 Å². The summed E-state index contributed by atoms with van der Waals surface area (Å²) >= 11 is 1.50. The quantitative estimate of drug-likeness (QED) is 0.774. The SMILES string of the molecule is O=C(NC1CC1)c1ccc2nc(Nc3ccncn3)sc2c1. The van der Waals surface area contributed by atoms with Crippen LogP contribution < -0.4 is 10.6 Å². The average molecular weight is 311 g/mol. The van der Waals surface area contributed by atoms with Crippen LogP contribution in [0.3, 0.4) is 0 Å². The topological polar surface area (TPSA) is 79.8 Å². The third-order valence-corrected chi connectivity index (χ3v) is 4.31. The van der Waals surface area contributed by atoms with Crippen molar-refractivity contribution in [2.24, 2.45) is 0 Å². The zero-order chi connectivity index (χ0) is 14.9. The van der Waals surface area contributed by atoms with Crippen LogP contribution in [0.2, 0.25) is 0 Å². The molecule has 2 heterocycles. The Morgan fingerprint density at radius 2 is 2.18 bits per heavy atom. The molecule has 0 radical (unpaired) electrons. The molecule has 7 heteroatoms. The molecule has 0 unspecified atom stereocenters. The van der Waals surface area contributed by atoms with Gasteiger partial charge in [0.2, 0.25) is 0 Å². The van der Waals surface area contributed by atoms with E-state index in [1.54, 1.807) is 12.3 Å². The van der Waals surface area contributed by atoms with Gasteiger partial charge in [-0.05, 0) is 37.1 Å². The monoisotopic (exact) mass is 311 g/mol. The molecule has 0 bridgehead atoms. The first-order valence-corrected chi connectivity index (χ1v) is 7.84. The number of rotatable bonds is 4. The number of thiazole rings is 1. The van der Waals surface area contributed by atoms with Crippen molar-refractivity contribution in [3.05, 3.63) is 42.4 Å². The fourth-order valence-corrected chi connectivity index (χ4v) is 3.00. The molecular weight excluding hydrogens is 298 g/mol. The molecule has 1 saturated carbocycles. The molecule has 1 fully saturated rings. The minimum atomic E-state index is -0.0110. The molecule has 6 nitrogen and oxygen atoms in total. The van der Waals surface area contributed by atoms with E-state index in [-0.39, 0.29) is 5.91 Å². The van der Waals surface area contributed by atoms with Crippen LogP contribution in [-0.2, 0) is 0 Å². The molecule has 2 N–H and O–H groups in total. The standard InChI is InChI=1S/C15H13N5OS/c21-14(18-10-2-3-10)9-1-4-11-12(7-9)22-15(19-11)20-13-5-6-16-8-17-13/h1,4-8,10H,2-3H2,(H,18,21)(H,16,17,19,20). The van der Waals surface area contributed by atoms with E-state index in [9.17, 15) is 4.79 Å². The van der Waals surface area contributed by atoms with E-state index >= 15 is 0 Å². The van der Waals surface area contributed by atoms with Gasteiger partial charge >= 0.3 is 0 Å². The summed E-state index contributed by atoms with van der Waals surface area (Å²) in [6.45, 7) is 0. The Morgan fingerprint density at radius 1 is 1.27 bits per heavy atom. The van der Waals surface area contributed by atoms with Crippen LogP contribution in [0.5, 0.6) is 0 Å². The highest BCUT2D eigenvalue weighted by molar-refractivity contribution is 7.22. The smallest absolute Gasteiger partial charge is 0.251 e. The van der Waals surface area contributed by atoms with Crippen molar-refractivity contribution in [1.29, 1.82) is 0 Å². The number of nitrogens with zero attached hydrogens (tertiary/aromatic N) is 3. The zero-order valence-electron chi connectivity index (χ0n) is 11.6. The van der Waals surface area contributed by atoms with Gasteiger partial charge in [-0.1, -0.05) is 11.3 Å². The highest BCUT2D eigenvalue weighted by atomic mass is 32.1. The van der Waals surface area contributed by atoms with Gasteiger partial charge in [0, 0.05) is 17.8 Å². The Kier molecular flexibility index (Phi) is 3.19. The average Bonchev–Trinajstić information content (AvgIpc) is 3.25. The normalized spacial score (nSPS) is 14.0. The lowest BCUT2D eigenvalue weighted by molar-refractivity contribution is 0.0951. The lowest BCUT2D eigenvalue weighted by Gasteiger charge is -2.02. The van der Waals surface area contributed by atoms with Gasteiger partial charge in [-0.3, -0.25) is 4.79 Å². The maximum Gasteiger partial charge on any atom is 0.251 e. The lowest BCUT2D eigenvalue weighted by atomic mass is 10.2. The Labute approximate surface area is 130 Å². The zero-order valence-corrected chi connectivity index (χ0v) is 12.4. The summed E-state index contributed by atoms with van der Waals surface area (Å²) in [6, 6.07) is 7.71. The Bertz CT molecular complexity index is 828. The highest BCUT2D eigenvalue weighted by Crippen LogP contribution is 2.28. The number of carbonyl (C=O) groups excluding carboxylic acids is 1. The Balaban J connectivity index is 1.59. The summed E-state index contributed by atoms with van der Waals surface area (Å²) in [5, 5.41) is 6.88. The summed E-state index contributed by atoms with van der Waals surface area (Å²) < 4.78 is 0.972. The largest absolute Gasteiger partial charge is 0.349 e. The molecule has 1 amide bonds. The minimum Gasteiger partial charge on any atom is -0.349 e. The number of amides is 1. The van der Waals surface area contributed by atoms with Crippen molar-refractivity contribution < 1.29 is 4.79 Å². The molecule has 1 aliphatic rings. The Morgan fingerprint density at radius 3 is 2.95 bits per heavy atom. The van der Waals surface area contributed by atoms with Gasteiger partial charge in [-0.25, -0.2) is 15.0 Å². The van der Waals surface area contributed by atoms with Gasteiger partial charge in [0.25, 0.3) is 5.91 Å². The fraction of sp³-hybridized carbons (Fsp3) is 0.200. The number of fused-ring (bicyclic) bond motifs is 1. The minimum absolute atomic E-state index is 0.0110. The van der Waals surface area contributed by atoms with E-state index in [1.807, 2.05) is 18.2 Å². The third kappa shape index (κ3) is 2.75. The van der Waals surface area contributed by atoms with Crippen molar-refractivity contribution >= 4 is 38.4 Å². The molecular formula is C15H13N5OS. The molecule has 0 spiro atoms. The molecule has 22 heavy (non-hydrogen) atoms. The predicted molar refractivity (Wildman–Crippen MR) is 85.4 cm³/mol. The molecule has 2 aromatic heterocycles. The van der Waals surface area contributed by atoms with Gasteiger partial charge in [0.15, 0.2) is 5.13 Å². The van der Waals surface area contributed by atoms with Crippen molar-refractivity contribution in [2.75, 3.05) is 5.32 Å².